The first kappa shape index (κ1) is 23.1. The van der Waals surface area contributed by atoms with Gasteiger partial charge in [-0.1, -0.05) is 0 Å². The summed E-state index contributed by atoms with van der Waals surface area (Å²) in [5, 5.41) is 13.7. The smallest absolute Gasteiger partial charge is 0.484 e. The molecule has 1 fully saturated rings. The van der Waals surface area contributed by atoms with Crippen molar-refractivity contribution in [1.29, 1.82) is 5.26 Å². The van der Waals surface area contributed by atoms with E-state index in [1.54, 1.807) is 19.2 Å². The molecule has 11 heteroatoms. The Morgan fingerprint density at radius 1 is 1.12 bits per heavy atom. The summed E-state index contributed by atoms with van der Waals surface area (Å²) in [6.45, 7) is 9.30. The first-order chi connectivity index (χ1) is 15.3. The molecule has 1 unspecified atom stereocenters. The van der Waals surface area contributed by atoms with Gasteiger partial charge in [0.05, 0.1) is 23.0 Å². The van der Waals surface area contributed by atoms with Crippen molar-refractivity contribution >= 4 is 18.1 Å². The number of nitriles is 1. The zero-order chi connectivity index (χ0) is 24.2. The van der Waals surface area contributed by atoms with E-state index in [-0.39, 0.29) is 16.9 Å². The van der Waals surface area contributed by atoms with Crippen LogP contribution in [0.5, 0.6) is 5.75 Å². The van der Waals surface area contributed by atoms with Gasteiger partial charge >= 0.3 is 13.3 Å². The van der Waals surface area contributed by atoms with E-state index in [0.717, 1.165) is 12.3 Å². The highest BCUT2D eigenvalue weighted by Crippen LogP contribution is 2.37. The molecule has 0 aliphatic carbocycles. The number of pyridine rings is 2. The summed E-state index contributed by atoms with van der Waals surface area (Å²) in [7, 11) is -0.720. The number of ether oxygens (including phenoxy) is 1. The molecular weight excluding hydrogens is 436 g/mol. The van der Waals surface area contributed by atoms with Gasteiger partial charge < -0.3 is 14.0 Å². The Balaban J connectivity index is 1.74. The molecule has 1 saturated heterocycles. The molecule has 0 N–H and O–H groups in total. The molecule has 1 aliphatic heterocycles. The van der Waals surface area contributed by atoms with Crippen LogP contribution in [0.2, 0.25) is 0 Å². The number of rotatable bonds is 4. The van der Waals surface area contributed by atoms with E-state index >= 15 is 0 Å². The van der Waals surface area contributed by atoms with Crippen LogP contribution in [0.25, 0.3) is 5.52 Å². The Hall–Kier alpha value is -3.10. The predicted octanol–water partition coefficient (Wildman–Crippen LogP) is 4.06. The summed E-state index contributed by atoms with van der Waals surface area (Å²) in [6.07, 6.45) is -0.159. The molecule has 4 rings (SSSR count). The molecule has 3 aromatic rings. The number of nitrogens with zero attached hydrogens (tertiary/aromatic N) is 4. The lowest BCUT2D eigenvalue weighted by atomic mass is 9.80. The SMILES string of the molecule is CC(Oc1cc(B2OC(C)(C)C(C)(C)O2)cn2ncc(C#N)c12)c1cncc(C(F)(F)F)c1. The molecule has 0 bridgehead atoms. The highest BCUT2D eigenvalue weighted by Gasteiger charge is 2.52. The molecule has 4 heterocycles. The first-order valence-electron chi connectivity index (χ1n) is 10.3. The Labute approximate surface area is 189 Å². The number of hydrogen-bond acceptors (Lipinski definition) is 6. The van der Waals surface area contributed by atoms with Gasteiger partial charge in [-0.05, 0) is 46.8 Å². The third-order valence-corrected chi connectivity index (χ3v) is 6.10. The zero-order valence-corrected chi connectivity index (χ0v) is 18.8. The second-order valence-corrected chi connectivity index (χ2v) is 8.95. The number of aromatic nitrogens is 3. The van der Waals surface area contributed by atoms with Gasteiger partial charge in [-0.2, -0.15) is 23.5 Å². The molecule has 0 amide bonds. The van der Waals surface area contributed by atoms with E-state index in [0.29, 0.717) is 11.0 Å². The second-order valence-electron chi connectivity index (χ2n) is 8.95. The Kier molecular flexibility index (Phi) is 5.42. The second kappa shape index (κ2) is 7.75. The average Bonchev–Trinajstić information content (AvgIpc) is 3.24. The number of hydrogen-bond donors (Lipinski definition) is 0. The van der Waals surface area contributed by atoms with Gasteiger partial charge in [0, 0.05) is 29.6 Å². The van der Waals surface area contributed by atoms with E-state index in [1.165, 1.54) is 16.9 Å². The van der Waals surface area contributed by atoms with Crippen molar-refractivity contribution < 1.29 is 27.2 Å². The minimum atomic E-state index is -4.52. The maximum Gasteiger partial charge on any atom is 0.496 e. The highest BCUT2D eigenvalue weighted by molar-refractivity contribution is 6.62. The molecule has 0 spiro atoms. The van der Waals surface area contributed by atoms with Crippen molar-refractivity contribution in [2.45, 2.75) is 58.1 Å². The lowest BCUT2D eigenvalue weighted by Crippen LogP contribution is -2.41. The fourth-order valence-corrected chi connectivity index (χ4v) is 3.48. The van der Waals surface area contributed by atoms with E-state index in [1.807, 2.05) is 27.7 Å². The Morgan fingerprint density at radius 3 is 2.39 bits per heavy atom. The molecule has 1 atom stereocenters. The molecule has 172 valence electrons. The van der Waals surface area contributed by atoms with Gasteiger partial charge in [0.25, 0.3) is 0 Å². The minimum Gasteiger partial charge on any atom is -0.484 e. The van der Waals surface area contributed by atoms with Crippen molar-refractivity contribution in [2.75, 3.05) is 0 Å². The molecule has 0 saturated carbocycles. The van der Waals surface area contributed by atoms with Gasteiger partial charge in [-0.25, -0.2) is 4.52 Å². The van der Waals surface area contributed by atoms with E-state index < -0.39 is 36.2 Å². The average molecular weight is 458 g/mol. The maximum atomic E-state index is 13.1. The van der Waals surface area contributed by atoms with Gasteiger partial charge in [0.2, 0.25) is 0 Å². The van der Waals surface area contributed by atoms with Crippen molar-refractivity contribution in [2.24, 2.45) is 0 Å². The quantitative estimate of drug-likeness (QED) is 0.549. The standard InChI is InChI=1S/C22H22BF3N4O3/c1-13(14-6-16(11-28-9-14)22(24,25)26)31-18-7-17(12-30-19(18)15(8-27)10-29-30)23-32-20(2,3)21(4,5)33-23/h6-7,9-13H,1-5H3. The van der Waals surface area contributed by atoms with Crippen LogP contribution in [0.4, 0.5) is 13.2 Å². The molecule has 0 aromatic carbocycles. The fourth-order valence-electron chi connectivity index (χ4n) is 3.48. The summed E-state index contributed by atoms with van der Waals surface area (Å²) < 4.78 is 59.1. The van der Waals surface area contributed by atoms with E-state index in [9.17, 15) is 18.4 Å². The molecular formula is C22H22BF3N4O3. The lowest BCUT2D eigenvalue weighted by Gasteiger charge is -2.32. The van der Waals surface area contributed by atoms with Gasteiger partial charge in [-0.15, -0.1) is 0 Å². The summed E-state index contributed by atoms with van der Waals surface area (Å²) in [5.41, 5.74) is -0.530. The number of halogens is 3. The van der Waals surface area contributed by atoms with Crippen molar-refractivity contribution in [1.82, 2.24) is 14.6 Å². The van der Waals surface area contributed by atoms with E-state index in [4.69, 9.17) is 14.0 Å². The first-order valence-corrected chi connectivity index (χ1v) is 10.3. The normalized spacial score (nSPS) is 18.3. The summed E-state index contributed by atoms with van der Waals surface area (Å²) in [6, 6.07) is 4.72. The van der Waals surface area contributed by atoms with Crippen LogP contribution in [-0.2, 0) is 15.5 Å². The third-order valence-electron chi connectivity index (χ3n) is 6.10. The monoisotopic (exact) mass is 458 g/mol. The predicted molar refractivity (Wildman–Crippen MR) is 114 cm³/mol. The van der Waals surface area contributed by atoms with Crippen molar-refractivity contribution in [3.63, 3.8) is 0 Å². The van der Waals surface area contributed by atoms with Crippen LogP contribution < -0.4 is 10.2 Å². The summed E-state index contributed by atoms with van der Waals surface area (Å²) in [5.74, 6) is 0.265. The Morgan fingerprint density at radius 2 is 1.79 bits per heavy atom. The lowest BCUT2D eigenvalue weighted by molar-refractivity contribution is -0.137. The van der Waals surface area contributed by atoms with Crippen molar-refractivity contribution in [3.8, 4) is 11.8 Å². The summed E-state index contributed by atoms with van der Waals surface area (Å²) in [4.78, 5) is 3.70. The largest absolute Gasteiger partial charge is 0.496 e. The topological polar surface area (TPSA) is 81.7 Å². The fraction of sp³-hybridized carbons (Fsp3) is 0.409. The van der Waals surface area contributed by atoms with E-state index in [2.05, 4.69) is 16.2 Å². The molecule has 0 radical (unpaired) electrons. The van der Waals surface area contributed by atoms with Crippen LogP contribution in [0.15, 0.2) is 36.9 Å². The van der Waals surface area contributed by atoms with Gasteiger partial charge in [-0.3, -0.25) is 4.98 Å². The minimum absolute atomic E-state index is 0.238. The van der Waals surface area contributed by atoms with Crippen LogP contribution in [-0.4, -0.2) is 32.9 Å². The van der Waals surface area contributed by atoms with Gasteiger partial charge in [0.15, 0.2) is 0 Å². The number of alkyl halides is 3. The van der Waals surface area contributed by atoms with Crippen molar-refractivity contribution in [3.05, 3.63) is 53.6 Å². The van der Waals surface area contributed by atoms with Crippen LogP contribution in [0.1, 0.15) is 57.4 Å². The molecule has 3 aromatic heterocycles. The third kappa shape index (κ3) is 4.16. The molecule has 33 heavy (non-hydrogen) atoms. The van der Waals surface area contributed by atoms with Crippen LogP contribution in [0, 0.1) is 11.3 Å². The molecule has 7 nitrogen and oxygen atoms in total. The van der Waals surface area contributed by atoms with Gasteiger partial charge in [0.1, 0.15) is 29.0 Å². The Bertz CT molecular complexity index is 1230. The number of fused-ring (bicyclic) bond motifs is 1. The van der Waals surface area contributed by atoms with Crippen LogP contribution in [0.3, 0.4) is 0 Å². The zero-order valence-electron chi connectivity index (χ0n) is 18.8. The van der Waals surface area contributed by atoms with Crippen LogP contribution >= 0.6 is 0 Å². The highest BCUT2D eigenvalue weighted by atomic mass is 19.4. The maximum absolute atomic E-state index is 13.1. The molecule has 1 aliphatic rings. The summed E-state index contributed by atoms with van der Waals surface area (Å²) >= 11 is 0.